The van der Waals surface area contributed by atoms with Crippen LogP contribution in [0.1, 0.15) is 0 Å². The third-order valence-corrected chi connectivity index (χ3v) is 4.10. The maximum absolute atomic E-state index is 6.14. The first kappa shape index (κ1) is 16.3. The van der Waals surface area contributed by atoms with E-state index in [1.807, 2.05) is 24.3 Å². The molecule has 1 saturated heterocycles. The molecule has 5 unspecified atom stereocenters. The molecule has 1 aromatic rings. The van der Waals surface area contributed by atoms with Crippen molar-refractivity contribution >= 4 is 17.3 Å². The molecule has 0 aliphatic carbocycles. The molecule has 3 rings (SSSR count). The predicted molar refractivity (Wildman–Crippen MR) is 86.5 cm³/mol. The maximum Gasteiger partial charge on any atom is 0.186 e. The number of hydrogen-bond donors (Lipinski definition) is 2. The van der Waals surface area contributed by atoms with Gasteiger partial charge >= 0.3 is 0 Å². The summed E-state index contributed by atoms with van der Waals surface area (Å²) in [6.07, 6.45) is -1.77. The van der Waals surface area contributed by atoms with Crippen molar-refractivity contribution in [3.8, 4) is 11.5 Å². The van der Waals surface area contributed by atoms with Gasteiger partial charge in [0.25, 0.3) is 0 Å². The number of ether oxygens (including phenoxy) is 5. The molecule has 8 heteroatoms. The zero-order chi connectivity index (χ0) is 16.4. The minimum atomic E-state index is -0.582. The average molecular weight is 340 g/mol. The van der Waals surface area contributed by atoms with Crippen molar-refractivity contribution in [1.29, 1.82) is 0 Å². The summed E-state index contributed by atoms with van der Waals surface area (Å²) in [4.78, 5) is 0. The van der Waals surface area contributed by atoms with Gasteiger partial charge in [0.2, 0.25) is 0 Å². The maximum atomic E-state index is 6.14. The van der Waals surface area contributed by atoms with E-state index >= 15 is 0 Å². The van der Waals surface area contributed by atoms with Crippen molar-refractivity contribution in [3.63, 3.8) is 0 Å². The Hall–Kier alpha value is -1.61. The molecular weight excluding hydrogens is 320 g/mol. The summed E-state index contributed by atoms with van der Waals surface area (Å²) in [5, 5.41) is 3.21. The zero-order valence-electron chi connectivity index (χ0n) is 12.9. The van der Waals surface area contributed by atoms with Gasteiger partial charge in [0, 0.05) is 14.2 Å². The van der Waals surface area contributed by atoms with Gasteiger partial charge in [0.05, 0.1) is 6.04 Å². The van der Waals surface area contributed by atoms with Crippen LogP contribution in [0.5, 0.6) is 11.5 Å². The summed E-state index contributed by atoms with van der Waals surface area (Å²) in [6.45, 7) is 0.327. The summed E-state index contributed by atoms with van der Waals surface area (Å²) >= 11 is 5.00. The standard InChI is InChI=1S/C15H20N2O5S/c1-18-13-11(17-15(16)23)12-10(22-14(13)19-2)7-20-8-5-3-4-6-9(8)21-12/h3-6,10-14H,7H2,1-2H3,(H3,16,17,23). The molecule has 2 aliphatic heterocycles. The van der Waals surface area contributed by atoms with Gasteiger partial charge in [-0.05, 0) is 24.4 Å². The highest BCUT2D eigenvalue weighted by atomic mass is 32.1. The molecule has 0 aromatic heterocycles. The first-order valence-electron chi connectivity index (χ1n) is 7.29. The van der Waals surface area contributed by atoms with Crippen LogP contribution in [0, 0.1) is 0 Å². The number of nitrogens with two attached hydrogens (primary N) is 1. The van der Waals surface area contributed by atoms with Crippen LogP contribution in [-0.4, -0.2) is 56.6 Å². The van der Waals surface area contributed by atoms with E-state index in [0.717, 1.165) is 0 Å². The van der Waals surface area contributed by atoms with Crippen LogP contribution < -0.4 is 20.5 Å². The topological polar surface area (TPSA) is 84.2 Å². The minimum absolute atomic E-state index is 0.162. The normalized spacial score (nSPS) is 32.5. The molecule has 5 atom stereocenters. The molecule has 0 radical (unpaired) electrons. The first-order chi connectivity index (χ1) is 11.1. The molecule has 23 heavy (non-hydrogen) atoms. The van der Waals surface area contributed by atoms with Crippen LogP contribution >= 0.6 is 12.2 Å². The van der Waals surface area contributed by atoms with E-state index in [0.29, 0.717) is 18.1 Å². The summed E-state index contributed by atoms with van der Waals surface area (Å²) in [5.41, 5.74) is 5.68. The lowest BCUT2D eigenvalue weighted by atomic mass is 9.96. The highest BCUT2D eigenvalue weighted by Crippen LogP contribution is 2.35. The van der Waals surface area contributed by atoms with Crippen LogP contribution in [0.4, 0.5) is 0 Å². The summed E-state index contributed by atoms with van der Waals surface area (Å²) in [5.74, 6) is 1.31. The number of para-hydroxylation sites is 2. The number of fused-ring (bicyclic) bond motifs is 2. The number of hydrogen-bond acceptors (Lipinski definition) is 6. The molecule has 0 spiro atoms. The Morgan fingerprint density at radius 1 is 1.26 bits per heavy atom. The summed E-state index contributed by atoms with van der Waals surface area (Å²) in [7, 11) is 3.14. The fourth-order valence-electron chi connectivity index (χ4n) is 2.96. The van der Waals surface area contributed by atoms with E-state index in [1.54, 1.807) is 14.2 Å². The molecule has 1 fully saturated rings. The van der Waals surface area contributed by atoms with Crippen molar-refractivity contribution in [2.75, 3.05) is 20.8 Å². The largest absolute Gasteiger partial charge is 0.487 e. The molecule has 126 valence electrons. The molecule has 3 N–H and O–H groups in total. The first-order valence-corrected chi connectivity index (χ1v) is 7.70. The van der Waals surface area contributed by atoms with Gasteiger partial charge in [0.1, 0.15) is 18.8 Å². The monoisotopic (exact) mass is 340 g/mol. The van der Waals surface area contributed by atoms with E-state index in [2.05, 4.69) is 5.32 Å². The molecule has 0 amide bonds. The second kappa shape index (κ2) is 6.88. The number of methoxy groups -OCH3 is 2. The van der Waals surface area contributed by atoms with Crippen LogP contribution in [-0.2, 0) is 14.2 Å². The van der Waals surface area contributed by atoms with Crippen LogP contribution in [0.3, 0.4) is 0 Å². The van der Waals surface area contributed by atoms with Crippen LogP contribution in [0.15, 0.2) is 24.3 Å². The number of benzene rings is 1. The van der Waals surface area contributed by atoms with E-state index in [1.165, 1.54) is 0 Å². The van der Waals surface area contributed by atoms with Gasteiger partial charge in [-0.3, -0.25) is 0 Å². The van der Waals surface area contributed by atoms with Crippen LogP contribution in [0.2, 0.25) is 0 Å². The smallest absolute Gasteiger partial charge is 0.186 e. The number of nitrogens with one attached hydrogen (secondary N) is 1. The van der Waals surface area contributed by atoms with Crippen molar-refractivity contribution in [2.45, 2.75) is 30.6 Å². The fraction of sp³-hybridized carbons (Fsp3) is 0.533. The lowest BCUT2D eigenvalue weighted by Crippen LogP contribution is -2.67. The molecule has 0 bridgehead atoms. The lowest BCUT2D eigenvalue weighted by molar-refractivity contribution is -0.267. The predicted octanol–water partition coefficient (Wildman–Crippen LogP) is 0.415. The minimum Gasteiger partial charge on any atom is -0.487 e. The Labute approximate surface area is 140 Å². The third kappa shape index (κ3) is 3.20. The lowest BCUT2D eigenvalue weighted by Gasteiger charge is -2.44. The molecule has 7 nitrogen and oxygen atoms in total. The highest BCUT2D eigenvalue weighted by Gasteiger charge is 2.49. The Balaban J connectivity index is 1.93. The van der Waals surface area contributed by atoms with Crippen molar-refractivity contribution < 1.29 is 23.7 Å². The van der Waals surface area contributed by atoms with Crippen LogP contribution in [0.25, 0.3) is 0 Å². The number of rotatable bonds is 3. The summed E-state index contributed by atoms with van der Waals surface area (Å²) in [6, 6.07) is 7.13. The fourth-order valence-corrected chi connectivity index (χ4v) is 3.10. The second-order valence-electron chi connectivity index (χ2n) is 5.35. The quantitative estimate of drug-likeness (QED) is 0.766. The Kier molecular flexibility index (Phi) is 4.86. The third-order valence-electron chi connectivity index (χ3n) is 3.98. The van der Waals surface area contributed by atoms with Gasteiger partial charge in [-0.25, -0.2) is 0 Å². The average Bonchev–Trinajstić information content (AvgIpc) is 2.73. The zero-order valence-corrected chi connectivity index (χ0v) is 13.7. The van der Waals surface area contributed by atoms with Crippen molar-refractivity contribution in [3.05, 3.63) is 24.3 Å². The van der Waals surface area contributed by atoms with Crippen molar-refractivity contribution in [1.82, 2.24) is 5.32 Å². The van der Waals surface area contributed by atoms with Gasteiger partial charge in [-0.1, -0.05) is 12.1 Å². The molecule has 0 saturated carbocycles. The van der Waals surface area contributed by atoms with Crippen molar-refractivity contribution in [2.24, 2.45) is 5.73 Å². The molecule has 2 heterocycles. The molecular formula is C15H20N2O5S. The molecule has 2 aliphatic rings. The Bertz CT molecular complexity index is 573. The van der Waals surface area contributed by atoms with E-state index in [4.69, 9.17) is 41.6 Å². The Morgan fingerprint density at radius 2 is 2.00 bits per heavy atom. The number of thiocarbonyl (C=S) groups is 1. The van der Waals surface area contributed by atoms with Gasteiger partial charge in [-0.2, -0.15) is 0 Å². The van der Waals surface area contributed by atoms with Gasteiger partial charge < -0.3 is 34.7 Å². The second-order valence-corrected chi connectivity index (χ2v) is 5.79. The summed E-state index contributed by atoms with van der Waals surface area (Å²) < 4.78 is 28.8. The highest BCUT2D eigenvalue weighted by molar-refractivity contribution is 7.80. The van der Waals surface area contributed by atoms with E-state index < -0.39 is 18.5 Å². The molecule has 1 aromatic carbocycles. The SMILES string of the molecule is COC1OC2COc3ccccc3OC2C(NC(N)=S)C1OC. The van der Waals surface area contributed by atoms with Gasteiger partial charge in [0.15, 0.2) is 29.0 Å². The van der Waals surface area contributed by atoms with E-state index in [9.17, 15) is 0 Å². The Morgan fingerprint density at radius 3 is 2.65 bits per heavy atom. The van der Waals surface area contributed by atoms with Gasteiger partial charge in [-0.15, -0.1) is 0 Å². The van der Waals surface area contributed by atoms with E-state index in [-0.39, 0.29) is 17.3 Å².